The van der Waals surface area contributed by atoms with Crippen molar-refractivity contribution in [2.75, 3.05) is 0 Å². The highest BCUT2D eigenvalue weighted by molar-refractivity contribution is 5.49. The molecule has 1 aliphatic rings. The number of pyridine rings is 1. The fourth-order valence-corrected chi connectivity index (χ4v) is 2.05. The van der Waals surface area contributed by atoms with Crippen LogP contribution in [0.15, 0.2) is 18.3 Å². The summed E-state index contributed by atoms with van der Waals surface area (Å²) in [6, 6.07) is 4.13. The van der Waals surface area contributed by atoms with Gasteiger partial charge >= 0.3 is 0 Å². The van der Waals surface area contributed by atoms with Gasteiger partial charge in [0.2, 0.25) is 0 Å². The van der Waals surface area contributed by atoms with Gasteiger partial charge in [-0.2, -0.15) is 0 Å². The first-order valence-corrected chi connectivity index (χ1v) is 4.79. The van der Waals surface area contributed by atoms with Crippen LogP contribution in [-0.2, 0) is 11.2 Å². The molecule has 0 fully saturated rings. The van der Waals surface area contributed by atoms with Crippen molar-refractivity contribution in [3.05, 3.63) is 29.6 Å². The highest BCUT2D eigenvalue weighted by Gasteiger charge is 2.22. The summed E-state index contributed by atoms with van der Waals surface area (Å²) in [4.78, 5) is 14.6. The Hall–Kier alpha value is -1.18. The molecule has 0 aromatic carbocycles. The second kappa shape index (κ2) is 3.69. The van der Waals surface area contributed by atoms with Gasteiger partial charge in [0.25, 0.3) is 0 Å². The zero-order valence-corrected chi connectivity index (χ0v) is 7.57. The van der Waals surface area contributed by atoms with Gasteiger partial charge in [-0.15, -0.1) is 0 Å². The van der Waals surface area contributed by atoms with Crippen molar-refractivity contribution in [2.24, 2.45) is 0 Å². The molecule has 1 atom stereocenters. The number of nitrogens with zero attached hydrogens (tertiary/aromatic N) is 1. The molecule has 1 aromatic heterocycles. The van der Waals surface area contributed by atoms with Crippen molar-refractivity contribution in [2.45, 2.75) is 31.6 Å². The van der Waals surface area contributed by atoms with Gasteiger partial charge in [0, 0.05) is 24.2 Å². The number of fused-ring (bicyclic) bond motifs is 1. The molecule has 1 heterocycles. The molecule has 2 rings (SSSR count). The molecule has 0 radical (unpaired) electrons. The Bertz CT molecular complexity index is 309. The Morgan fingerprint density at radius 1 is 1.62 bits per heavy atom. The van der Waals surface area contributed by atoms with E-state index in [-0.39, 0.29) is 0 Å². The Morgan fingerprint density at radius 3 is 3.38 bits per heavy atom. The molecule has 0 saturated carbocycles. The number of aldehydes is 1. The predicted molar refractivity (Wildman–Crippen MR) is 50.6 cm³/mol. The lowest BCUT2D eigenvalue weighted by Gasteiger charge is -2.06. The molecule has 1 aliphatic carbocycles. The third kappa shape index (κ3) is 1.62. The average molecular weight is 175 g/mol. The number of aryl methyl sites for hydroxylation is 1. The summed E-state index contributed by atoms with van der Waals surface area (Å²) in [7, 11) is 0. The summed E-state index contributed by atoms with van der Waals surface area (Å²) in [5, 5.41) is 0. The maximum atomic E-state index is 10.3. The minimum atomic E-state index is 0.529. The molecule has 0 bridgehead atoms. The summed E-state index contributed by atoms with van der Waals surface area (Å²) in [5.41, 5.74) is 2.60. The van der Waals surface area contributed by atoms with E-state index in [1.54, 1.807) is 0 Å². The van der Waals surface area contributed by atoms with Gasteiger partial charge in [-0.3, -0.25) is 4.98 Å². The number of hydrogen-bond acceptors (Lipinski definition) is 2. The van der Waals surface area contributed by atoms with E-state index in [1.807, 2.05) is 12.3 Å². The molecule has 68 valence electrons. The van der Waals surface area contributed by atoms with E-state index in [0.29, 0.717) is 12.3 Å². The van der Waals surface area contributed by atoms with Crippen LogP contribution in [-0.4, -0.2) is 11.3 Å². The monoisotopic (exact) mass is 175 g/mol. The molecule has 0 aliphatic heterocycles. The third-order valence-corrected chi connectivity index (χ3v) is 2.71. The van der Waals surface area contributed by atoms with Crippen molar-refractivity contribution in [3.8, 4) is 0 Å². The molecule has 2 nitrogen and oxygen atoms in total. The summed E-state index contributed by atoms with van der Waals surface area (Å²) in [6.07, 6.45) is 6.78. The van der Waals surface area contributed by atoms with Gasteiger partial charge in [0.05, 0.1) is 0 Å². The average Bonchev–Trinajstić information content (AvgIpc) is 2.58. The number of carbonyl (C=O) groups excluding carboxylic acids is 1. The molecule has 0 N–H and O–H groups in total. The van der Waals surface area contributed by atoms with E-state index in [4.69, 9.17) is 0 Å². The maximum absolute atomic E-state index is 10.3. The fourth-order valence-electron chi connectivity index (χ4n) is 2.05. The molecule has 1 unspecified atom stereocenters. The Morgan fingerprint density at radius 2 is 2.54 bits per heavy atom. The van der Waals surface area contributed by atoms with Gasteiger partial charge in [-0.05, 0) is 30.9 Å². The normalized spacial score (nSPS) is 19.8. The molecule has 13 heavy (non-hydrogen) atoms. The van der Waals surface area contributed by atoms with Crippen molar-refractivity contribution in [3.63, 3.8) is 0 Å². The lowest BCUT2D eigenvalue weighted by molar-refractivity contribution is -0.108. The second-order valence-corrected chi connectivity index (χ2v) is 3.53. The second-order valence-electron chi connectivity index (χ2n) is 3.53. The van der Waals surface area contributed by atoms with Crippen LogP contribution in [0.1, 0.15) is 36.4 Å². The van der Waals surface area contributed by atoms with Gasteiger partial charge in [-0.25, -0.2) is 0 Å². The molecule has 0 spiro atoms. The number of carbonyl (C=O) groups is 1. The first-order chi connectivity index (χ1) is 6.42. The minimum Gasteiger partial charge on any atom is -0.303 e. The van der Waals surface area contributed by atoms with E-state index in [0.717, 1.165) is 19.1 Å². The zero-order valence-electron chi connectivity index (χ0n) is 7.57. The molecular formula is C11H13NO. The molecule has 1 aromatic rings. The molecule has 0 amide bonds. The topological polar surface area (TPSA) is 30.0 Å². The molecular weight excluding hydrogens is 162 g/mol. The zero-order chi connectivity index (χ0) is 9.10. The lowest BCUT2D eigenvalue weighted by Crippen LogP contribution is -1.96. The SMILES string of the molecule is O=CCCC1CCc2cccnc21. The van der Waals surface area contributed by atoms with Gasteiger partial charge in [0.15, 0.2) is 0 Å². The van der Waals surface area contributed by atoms with Crippen molar-refractivity contribution in [1.82, 2.24) is 4.98 Å². The third-order valence-electron chi connectivity index (χ3n) is 2.71. The van der Waals surface area contributed by atoms with E-state index in [1.165, 1.54) is 17.7 Å². The number of hydrogen-bond donors (Lipinski definition) is 0. The Labute approximate surface area is 78.0 Å². The van der Waals surface area contributed by atoms with Crippen LogP contribution in [0, 0.1) is 0 Å². The first kappa shape index (κ1) is 8.42. The van der Waals surface area contributed by atoms with Gasteiger partial charge < -0.3 is 4.79 Å². The van der Waals surface area contributed by atoms with Crippen molar-refractivity contribution < 1.29 is 4.79 Å². The summed E-state index contributed by atoms with van der Waals surface area (Å²) in [6.45, 7) is 0. The Kier molecular flexibility index (Phi) is 2.39. The van der Waals surface area contributed by atoms with Gasteiger partial charge in [-0.1, -0.05) is 6.07 Å². The predicted octanol–water partition coefficient (Wildman–Crippen LogP) is 2.09. The highest BCUT2D eigenvalue weighted by atomic mass is 16.1. The molecule has 0 saturated heterocycles. The lowest BCUT2D eigenvalue weighted by atomic mass is 10.0. The fraction of sp³-hybridized carbons (Fsp3) is 0.455. The highest BCUT2D eigenvalue weighted by Crippen LogP contribution is 2.33. The Balaban J connectivity index is 2.13. The summed E-state index contributed by atoms with van der Waals surface area (Å²) < 4.78 is 0. The minimum absolute atomic E-state index is 0.529. The quantitative estimate of drug-likeness (QED) is 0.658. The van der Waals surface area contributed by atoms with E-state index >= 15 is 0 Å². The van der Waals surface area contributed by atoms with Crippen LogP contribution in [0.25, 0.3) is 0 Å². The standard InChI is InChI=1S/C11H13NO/c13-8-2-4-10-6-5-9-3-1-7-12-11(9)10/h1,3,7-8,10H,2,4-6H2. The summed E-state index contributed by atoms with van der Waals surface area (Å²) >= 11 is 0. The van der Waals surface area contributed by atoms with Gasteiger partial charge in [0.1, 0.15) is 6.29 Å². The largest absolute Gasteiger partial charge is 0.303 e. The van der Waals surface area contributed by atoms with Crippen LogP contribution in [0.5, 0.6) is 0 Å². The van der Waals surface area contributed by atoms with Crippen LogP contribution >= 0.6 is 0 Å². The molecule has 2 heteroatoms. The number of aromatic nitrogens is 1. The van der Waals surface area contributed by atoms with E-state index in [2.05, 4.69) is 11.1 Å². The van der Waals surface area contributed by atoms with E-state index < -0.39 is 0 Å². The van der Waals surface area contributed by atoms with E-state index in [9.17, 15) is 4.79 Å². The van der Waals surface area contributed by atoms with Crippen LogP contribution in [0.3, 0.4) is 0 Å². The maximum Gasteiger partial charge on any atom is 0.120 e. The van der Waals surface area contributed by atoms with Crippen LogP contribution < -0.4 is 0 Å². The van der Waals surface area contributed by atoms with Crippen LogP contribution in [0.4, 0.5) is 0 Å². The summed E-state index contributed by atoms with van der Waals surface area (Å²) in [5.74, 6) is 0.529. The van der Waals surface area contributed by atoms with Crippen molar-refractivity contribution in [1.29, 1.82) is 0 Å². The van der Waals surface area contributed by atoms with Crippen molar-refractivity contribution >= 4 is 6.29 Å². The number of rotatable bonds is 3. The first-order valence-electron chi connectivity index (χ1n) is 4.79. The smallest absolute Gasteiger partial charge is 0.120 e. The van der Waals surface area contributed by atoms with Crippen LogP contribution in [0.2, 0.25) is 0 Å².